The number of halogens is 1. The normalized spacial score (nSPS) is 12.6. The van der Waals surface area contributed by atoms with E-state index in [1.807, 2.05) is 0 Å². The van der Waals surface area contributed by atoms with Crippen LogP contribution in [0.1, 0.15) is 30.7 Å². The van der Waals surface area contributed by atoms with Crippen LogP contribution < -0.4 is 5.32 Å². The van der Waals surface area contributed by atoms with Crippen LogP contribution in [0.2, 0.25) is 0 Å². The molecule has 90 valence electrons. The molecule has 1 unspecified atom stereocenters. The molecular weight excluding hydrogens is 280 g/mol. The van der Waals surface area contributed by atoms with Gasteiger partial charge in [0.05, 0.1) is 12.7 Å². The van der Waals surface area contributed by atoms with E-state index in [4.69, 9.17) is 4.42 Å². The molecule has 0 amide bonds. The van der Waals surface area contributed by atoms with Crippen LogP contribution >= 0.6 is 15.9 Å². The highest BCUT2D eigenvalue weighted by atomic mass is 79.9. The Morgan fingerprint density at radius 3 is 2.71 bits per heavy atom. The van der Waals surface area contributed by atoms with Crippen LogP contribution in [-0.2, 0) is 6.54 Å². The first-order chi connectivity index (χ1) is 8.29. The molecule has 0 aliphatic rings. The summed E-state index contributed by atoms with van der Waals surface area (Å²) in [7, 11) is 0. The van der Waals surface area contributed by atoms with E-state index in [2.05, 4.69) is 57.4 Å². The van der Waals surface area contributed by atoms with Crippen LogP contribution in [0.4, 0.5) is 0 Å². The second kappa shape index (κ2) is 5.98. The van der Waals surface area contributed by atoms with Crippen molar-refractivity contribution in [3.8, 4) is 0 Å². The van der Waals surface area contributed by atoms with Gasteiger partial charge in [-0.25, -0.2) is 4.98 Å². The third kappa shape index (κ3) is 3.41. The molecule has 1 atom stereocenters. The lowest BCUT2D eigenvalue weighted by atomic mass is 10.0. The fourth-order valence-electron chi connectivity index (χ4n) is 1.75. The van der Waals surface area contributed by atoms with Crippen molar-refractivity contribution in [1.29, 1.82) is 0 Å². The van der Waals surface area contributed by atoms with Gasteiger partial charge >= 0.3 is 0 Å². The molecule has 4 heteroatoms. The Hall–Kier alpha value is -1.13. The van der Waals surface area contributed by atoms with Gasteiger partial charge in [0, 0.05) is 10.5 Å². The molecule has 2 aromatic rings. The van der Waals surface area contributed by atoms with Gasteiger partial charge in [0.25, 0.3) is 0 Å². The van der Waals surface area contributed by atoms with E-state index >= 15 is 0 Å². The molecule has 0 bridgehead atoms. The maximum absolute atomic E-state index is 5.20. The standard InChI is InChI=1S/C13H15BrN2O/c1-2-13(10-3-5-11(14)6-4-10)16-8-12-7-15-9-17-12/h3-7,9,13,16H,2,8H2,1H3. The summed E-state index contributed by atoms with van der Waals surface area (Å²) in [4.78, 5) is 3.90. The smallest absolute Gasteiger partial charge is 0.180 e. The van der Waals surface area contributed by atoms with Gasteiger partial charge < -0.3 is 9.73 Å². The predicted molar refractivity (Wildman–Crippen MR) is 70.5 cm³/mol. The van der Waals surface area contributed by atoms with Crippen molar-refractivity contribution in [2.24, 2.45) is 0 Å². The molecule has 0 saturated carbocycles. The van der Waals surface area contributed by atoms with Crippen molar-refractivity contribution in [3.63, 3.8) is 0 Å². The first kappa shape index (κ1) is 12.3. The number of oxazole rings is 1. The molecule has 1 aromatic carbocycles. The summed E-state index contributed by atoms with van der Waals surface area (Å²) in [5, 5.41) is 3.46. The first-order valence-corrected chi connectivity index (χ1v) is 6.45. The van der Waals surface area contributed by atoms with Crippen LogP contribution in [-0.4, -0.2) is 4.98 Å². The summed E-state index contributed by atoms with van der Waals surface area (Å²) in [6, 6.07) is 8.73. The molecule has 0 aliphatic heterocycles. The molecule has 0 aliphatic carbocycles. The second-order valence-corrected chi connectivity index (χ2v) is 4.78. The fourth-order valence-corrected chi connectivity index (χ4v) is 2.01. The van der Waals surface area contributed by atoms with Crippen molar-refractivity contribution in [2.75, 3.05) is 0 Å². The zero-order valence-electron chi connectivity index (χ0n) is 9.69. The molecule has 0 saturated heterocycles. The highest BCUT2D eigenvalue weighted by molar-refractivity contribution is 9.10. The SMILES string of the molecule is CCC(NCc1cnco1)c1ccc(Br)cc1. The Bertz CT molecular complexity index is 439. The minimum atomic E-state index is 0.341. The number of nitrogens with one attached hydrogen (secondary N) is 1. The molecule has 3 nitrogen and oxygen atoms in total. The summed E-state index contributed by atoms with van der Waals surface area (Å²) in [6.07, 6.45) is 4.23. The van der Waals surface area contributed by atoms with Crippen molar-refractivity contribution in [1.82, 2.24) is 10.3 Å². The van der Waals surface area contributed by atoms with Crippen LogP contribution in [0.3, 0.4) is 0 Å². The Morgan fingerprint density at radius 1 is 1.35 bits per heavy atom. The van der Waals surface area contributed by atoms with E-state index in [1.54, 1.807) is 6.20 Å². The molecule has 17 heavy (non-hydrogen) atoms. The predicted octanol–water partition coefficient (Wildman–Crippen LogP) is 3.68. The largest absolute Gasteiger partial charge is 0.447 e. The Morgan fingerprint density at radius 2 is 2.12 bits per heavy atom. The summed E-state index contributed by atoms with van der Waals surface area (Å²) >= 11 is 3.44. The van der Waals surface area contributed by atoms with Gasteiger partial charge in [-0.1, -0.05) is 35.0 Å². The van der Waals surface area contributed by atoms with Crippen molar-refractivity contribution in [3.05, 3.63) is 52.7 Å². The fraction of sp³-hybridized carbons (Fsp3) is 0.308. The maximum atomic E-state index is 5.20. The Labute approximate surface area is 109 Å². The van der Waals surface area contributed by atoms with Gasteiger partial charge in [-0.3, -0.25) is 0 Å². The number of benzene rings is 1. The molecule has 1 N–H and O–H groups in total. The third-order valence-corrected chi connectivity index (χ3v) is 3.22. The number of nitrogens with zero attached hydrogens (tertiary/aromatic N) is 1. The average Bonchev–Trinajstić information content (AvgIpc) is 2.85. The lowest BCUT2D eigenvalue weighted by Crippen LogP contribution is -2.19. The quantitative estimate of drug-likeness (QED) is 0.914. The average molecular weight is 295 g/mol. The van der Waals surface area contributed by atoms with Gasteiger partial charge in [0.15, 0.2) is 6.39 Å². The van der Waals surface area contributed by atoms with E-state index in [0.717, 1.165) is 16.7 Å². The van der Waals surface area contributed by atoms with E-state index in [9.17, 15) is 0 Å². The molecule has 2 rings (SSSR count). The van der Waals surface area contributed by atoms with Gasteiger partial charge in [-0.05, 0) is 24.1 Å². The van der Waals surface area contributed by atoms with Crippen LogP contribution in [0, 0.1) is 0 Å². The second-order valence-electron chi connectivity index (χ2n) is 3.86. The number of hydrogen-bond acceptors (Lipinski definition) is 3. The number of aromatic nitrogens is 1. The van der Waals surface area contributed by atoms with Crippen molar-refractivity contribution < 1.29 is 4.42 Å². The number of rotatable bonds is 5. The Kier molecular flexibility index (Phi) is 4.34. The minimum absolute atomic E-state index is 0.341. The van der Waals surface area contributed by atoms with Gasteiger partial charge in [0.2, 0.25) is 0 Å². The van der Waals surface area contributed by atoms with E-state index in [-0.39, 0.29) is 0 Å². The summed E-state index contributed by atoms with van der Waals surface area (Å²) in [5.41, 5.74) is 1.29. The maximum Gasteiger partial charge on any atom is 0.180 e. The highest BCUT2D eigenvalue weighted by Gasteiger charge is 2.09. The first-order valence-electron chi connectivity index (χ1n) is 5.66. The van der Waals surface area contributed by atoms with Gasteiger partial charge in [-0.2, -0.15) is 0 Å². The van der Waals surface area contributed by atoms with Crippen molar-refractivity contribution >= 4 is 15.9 Å². The van der Waals surface area contributed by atoms with E-state index in [1.165, 1.54) is 12.0 Å². The van der Waals surface area contributed by atoms with Crippen molar-refractivity contribution in [2.45, 2.75) is 25.9 Å². The molecule has 0 spiro atoms. The summed E-state index contributed by atoms with van der Waals surface area (Å²) < 4.78 is 6.31. The molecule has 0 radical (unpaired) electrons. The van der Waals surface area contributed by atoms with Crippen LogP contribution in [0.15, 0.2) is 45.7 Å². The molecule has 0 fully saturated rings. The lowest BCUT2D eigenvalue weighted by molar-refractivity contribution is 0.441. The van der Waals surface area contributed by atoms with E-state index in [0.29, 0.717) is 12.6 Å². The van der Waals surface area contributed by atoms with Crippen LogP contribution in [0.5, 0.6) is 0 Å². The number of hydrogen-bond donors (Lipinski definition) is 1. The summed E-state index contributed by atoms with van der Waals surface area (Å²) in [5.74, 6) is 0.862. The topological polar surface area (TPSA) is 38.1 Å². The minimum Gasteiger partial charge on any atom is -0.447 e. The summed E-state index contributed by atoms with van der Waals surface area (Å²) in [6.45, 7) is 2.87. The monoisotopic (exact) mass is 294 g/mol. The zero-order valence-corrected chi connectivity index (χ0v) is 11.3. The Balaban J connectivity index is 1.99. The van der Waals surface area contributed by atoms with Crippen LogP contribution in [0.25, 0.3) is 0 Å². The van der Waals surface area contributed by atoms with Gasteiger partial charge in [0.1, 0.15) is 5.76 Å². The van der Waals surface area contributed by atoms with Gasteiger partial charge in [-0.15, -0.1) is 0 Å². The molecular formula is C13H15BrN2O. The van der Waals surface area contributed by atoms with E-state index < -0.39 is 0 Å². The zero-order chi connectivity index (χ0) is 12.1. The highest BCUT2D eigenvalue weighted by Crippen LogP contribution is 2.19. The lowest BCUT2D eigenvalue weighted by Gasteiger charge is -2.16. The molecule has 1 heterocycles. The molecule has 1 aromatic heterocycles. The third-order valence-electron chi connectivity index (χ3n) is 2.69.